The maximum Gasteiger partial charge on any atom is 0.251 e. The summed E-state index contributed by atoms with van der Waals surface area (Å²) in [5, 5.41) is 0. The molecule has 8 heteroatoms. The molecule has 3 aromatic rings. The van der Waals surface area contributed by atoms with Gasteiger partial charge in [-0.3, -0.25) is 14.7 Å². The van der Waals surface area contributed by atoms with E-state index in [9.17, 15) is 4.79 Å². The fourth-order valence-electron chi connectivity index (χ4n) is 4.66. The molecule has 8 nitrogen and oxygen atoms in total. The second-order valence-electron chi connectivity index (χ2n) is 8.75. The number of nitrogens with one attached hydrogen (secondary N) is 1. The summed E-state index contributed by atoms with van der Waals surface area (Å²) in [4.78, 5) is 37.9. The summed E-state index contributed by atoms with van der Waals surface area (Å²) in [5.74, 6) is 1.74. The van der Waals surface area contributed by atoms with Crippen molar-refractivity contribution in [2.45, 2.75) is 44.6 Å². The summed E-state index contributed by atoms with van der Waals surface area (Å²) in [6.07, 6.45) is 13.1. The molecule has 166 valence electrons. The number of nitrogens with zero attached hydrogens (tertiary/aromatic N) is 6. The van der Waals surface area contributed by atoms with Crippen LogP contribution in [0.15, 0.2) is 47.8 Å². The Hall–Kier alpha value is -3.13. The standard InChI is InChI=1S/C24H29N7O/c32-22-13-21(28-23(29-22)20-5-4-8-25-16-20)19-6-11-30(12-7-19)17-18-14-26-24(27-15-18)31-9-2-1-3-10-31/h4-5,8,13-16,19H,1-3,6-7,9-12,17H2,(H,28,29,32). The third kappa shape index (κ3) is 4.85. The SMILES string of the molecule is O=c1cc(C2CCN(Cc3cnc(N4CCCCC4)nc3)CC2)nc(-c2cccnc2)[nH]1. The first-order valence-corrected chi connectivity index (χ1v) is 11.5. The summed E-state index contributed by atoms with van der Waals surface area (Å²) in [5.41, 5.74) is 2.75. The number of hydrogen-bond acceptors (Lipinski definition) is 7. The van der Waals surface area contributed by atoms with Crippen molar-refractivity contribution in [3.8, 4) is 11.4 Å². The molecule has 3 aromatic heterocycles. The second-order valence-corrected chi connectivity index (χ2v) is 8.75. The van der Waals surface area contributed by atoms with E-state index >= 15 is 0 Å². The fraction of sp³-hybridized carbons (Fsp3) is 0.458. The molecule has 0 bridgehead atoms. The number of rotatable bonds is 5. The molecule has 2 aliphatic heterocycles. The molecule has 2 fully saturated rings. The number of H-pyrrole nitrogens is 1. The zero-order valence-corrected chi connectivity index (χ0v) is 18.3. The third-order valence-corrected chi connectivity index (χ3v) is 6.44. The molecule has 1 N–H and O–H groups in total. The molecule has 0 amide bonds. The van der Waals surface area contributed by atoms with E-state index < -0.39 is 0 Å². The largest absolute Gasteiger partial charge is 0.341 e. The predicted octanol–water partition coefficient (Wildman–Crippen LogP) is 2.99. The lowest BCUT2D eigenvalue weighted by Crippen LogP contribution is -2.33. The van der Waals surface area contributed by atoms with Gasteiger partial charge in [-0.25, -0.2) is 15.0 Å². The molecular weight excluding hydrogens is 402 g/mol. The quantitative estimate of drug-likeness (QED) is 0.664. The van der Waals surface area contributed by atoms with Crippen LogP contribution < -0.4 is 10.5 Å². The fourth-order valence-corrected chi connectivity index (χ4v) is 4.66. The topological polar surface area (TPSA) is 90.9 Å². The van der Waals surface area contributed by atoms with Crippen LogP contribution in [0.1, 0.15) is 49.3 Å². The number of piperidine rings is 2. The molecule has 5 heterocycles. The van der Waals surface area contributed by atoms with Gasteiger partial charge in [0.2, 0.25) is 5.95 Å². The summed E-state index contributed by atoms with van der Waals surface area (Å²) < 4.78 is 0. The van der Waals surface area contributed by atoms with Crippen molar-refractivity contribution >= 4 is 5.95 Å². The van der Waals surface area contributed by atoms with Crippen molar-refractivity contribution < 1.29 is 0 Å². The molecule has 0 atom stereocenters. The van der Waals surface area contributed by atoms with Crippen LogP contribution in [0.3, 0.4) is 0 Å². The van der Waals surface area contributed by atoms with Crippen molar-refractivity contribution in [3.63, 3.8) is 0 Å². The van der Waals surface area contributed by atoms with E-state index in [4.69, 9.17) is 4.98 Å². The summed E-state index contributed by atoms with van der Waals surface area (Å²) in [6, 6.07) is 5.41. The highest BCUT2D eigenvalue weighted by atomic mass is 16.1. The molecule has 2 saturated heterocycles. The maximum absolute atomic E-state index is 12.2. The van der Waals surface area contributed by atoms with Crippen molar-refractivity contribution in [2.24, 2.45) is 0 Å². The number of aromatic nitrogens is 5. The average Bonchev–Trinajstić information content (AvgIpc) is 2.86. The zero-order chi connectivity index (χ0) is 21.8. The van der Waals surface area contributed by atoms with Crippen molar-refractivity contribution in [2.75, 3.05) is 31.1 Å². The Balaban J connectivity index is 1.19. The first kappa shape index (κ1) is 20.8. The van der Waals surface area contributed by atoms with Crippen LogP contribution in [0.5, 0.6) is 0 Å². The predicted molar refractivity (Wildman–Crippen MR) is 123 cm³/mol. The number of likely N-dealkylation sites (tertiary alicyclic amines) is 1. The van der Waals surface area contributed by atoms with Crippen LogP contribution in [0, 0.1) is 0 Å². The lowest BCUT2D eigenvalue weighted by atomic mass is 9.93. The van der Waals surface area contributed by atoms with Gasteiger partial charge in [0.15, 0.2) is 0 Å². The van der Waals surface area contributed by atoms with Gasteiger partial charge in [0, 0.05) is 67.5 Å². The van der Waals surface area contributed by atoms with Crippen LogP contribution >= 0.6 is 0 Å². The Labute approximate surface area is 187 Å². The van der Waals surface area contributed by atoms with Crippen LogP contribution in [0.25, 0.3) is 11.4 Å². The van der Waals surface area contributed by atoms with Crippen LogP contribution in [0.4, 0.5) is 5.95 Å². The highest BCUT2D eigenvalue weighted by Crippen LogP contribution is 2.28. The van der Waals surface area contributed by atoms with Gasteiger partial charge < -0.3 is 9.88 Å². The average molecular weight is 432 g/mol. The third-order valence-electron chi connectivity index (χ3n) is 6.44. The molecule has 0 aliphatic carbocycles. The Morgan fingerprint density at radius 2 is 1.78 bits per heavy atom. The Bertz CT molecular complexity index is 1070. The minimum atomic E-state index is -0.109. The molecule has 5 rings (SSSR count). The Kier molecular flexibility index (Phi) is 6.20. The first-order valence-electron chi connectivity index (χ1n) is 11.5. The van der Waals surface area contributed by atoms with Gasteiger partial charge in [-0.05, 0) is 57.3 Å². The van der Waals surface area contributed by atoms with Gasteiger partial charge in [-0.15, -0.1) is 0 Å². The van der Waals surface area contributed by atoms with Crippen molar-refractivity contribution in [3.05, 3.63) is 64.6 Å². The smallest absolute Gasteiger partial charge is 0.251 e. The Morgan fingerprint density at radius 1 is 1.00 bits per heavy atom. The van der Waals surface area contributed by atoms with Gasteiger partial charge in [0.1, 0.15) is 5.82 Å². The summed E-state index contributed by atoms with van der Waals surface area (Å²) in [7, 11) is 0. The van der Waals surface area contributed by atoms with E-state index in [2.05, 4.69) is 29.7 Å². The highest BCUT2D eigenvalue weighted by Gasteiger charge is 2.23. The van der Waals surface area contributed by atoms with E-state index in [1.165, 1.54) is 19.3 Å². The van der Waals surface area contributed by atoms with Gasteiger partial charge in [-0.2, -0.15) is 0 Å². The van der Waals surface area contributed by atoms with E-state index in [-0.39, 0.29) is 5.56 Å². The zero-order valence-electron chi connectivity index (χ0n) is 18.3. The molecule has 32 heavy (non-hydrogen) atoms. The number of pyridine rings is 1. The van der Waals surface area contributed by atoms with E-state index in [0.717, 1.165) is 68.3 Å². The molecule has 0 saturated carbocycles. The van der Waals surface area contributed by atoms with E-state index in [1.54, 1.807) is 18.5 Å². The van der Waals surface area contributed by atoms with Gasteiger partial charge in [-0.1, -0.05) is 0 Å². The normalized spacial score (nSPS) is 18.1. The van der Waals surface area contributed by atoms with Crippen molar-refractivity contribution in [1.29, 1.82) is 0 Å². The molecule has 0 spiro atoms. The van der Waals surface area contributed by atoms with Crippen molar-refractivity contribution in [1.82, 2.24) is 29.8 Å². The lowest BCUT2D eigenvalue weighted by molar-refractivity contribution is 0.203. The maximum atomic E-state index is 12.2. The lowest BCUT2D eigenvalue weighted by Gasteiger charge is -2.31. The molecule has 0 aromatic carbocycles. The summed E-state index contributed by atoms with van der Waals surface area (Å²) >= 11 is 0. The van der Waals surface area contributed by atoms with Crippen LogP contribution in [0.2, 0.25) is 0 Å². The first-order chi connectivity index (χ1) is 15.7. The van der Waals surface area contributed by atoms with E-state index in [0.29, 0.717) is 11.7 Å². The number of anilines is 1. The Morgan fingerprint density at radius 3 is 2.50 bits per heavy atom. The second kappa shape index (κ2) is 9.56. The molecule has 0 unspecified atom stereocenters. The van der Waals surface area contributed by atoms with Crippen LogP contribution in [-0.4, -0.2) is 56.0 Å². The molecule has 2 aliphatic rings. The van der Waals surface area contributed by atoms with Gasteiger partial charge in [0.05, 0.1) is 5.69 Å². The number of aromatic amines is 1. The van der Waals surface area contributed by atoms with Gasteiger partial charge >= 0.3 is 0 Å². The van der Waals surface area contributed by atoms with Gasteiger partial charge in [0.25, 0.3) is 5.56 Å². The minimum Gasteiger partial charge on any atom is -0.341 e. The number of hydrogen-bond donors (Lipinski definition) is 1. The minimum absolute atomic E-state index is 0.109. The highest BCUT2D eigenvalue weighted by molar-refractivity contribution is 5.52. The van der Waals surface area contributed by atoms with Crippen LogP contribution in [-0.2, 0) is 6.54 Å². The summed E-state index contributed by atoms with van der Waals surface area (Å²) in [6.45, 7) is 4.92. The molecular formula is C24H29N7O. The monoisotopic (exact) mass is 431 g/mol. The molecule has 0 radical (unpaired) electrons. The van der Waals surface area contributed by atoms with E-state index in [1.807, 2.05) is 24.5 Å².